The van der Waals surface area contributed by atoms with Crippen LogP contribution < -0.4 is 5.32 Å². The average molecular weight is 297 g/mol. The lowest BCUT2D eigenvalue weighted by Gasteiger charge is -2.20. The topological polar surface area (TPSA) is 32.3 Å². The van der Waals surface area contributed by atoms with Crippen molar-refractivity contribution >= 4 is 21.8 Å². The Morgan fingerprint density at radius 1 is 1.24 bits per heavy atom. The minimum atomic E-state index is 0.270. The van der Waals surface area contributed by atoms with Gasteiger partial charge in [-0.05, 0) is 24.1 Å². The Hall–Kier alpha value is -0.870. The molecule has 1 amide bonds. The zero-order valence-corrected chi connectivity index (χ0v) is 11.4. The van der Waals surface area contributed by atoms with Crippen molar-refractivity contribution < 1.29 is 4.79 Å². The fraction of sp³-hybridized carbons (Fsp3) is 0.462. The second-order valence-electron chi connectivity index (χ2n) is 4.26. The zero-order valence-electron chi connectivity index (χ0n) is 9.79. The summed E-state index contributed by atoms with van der Waals surface area (Å²) in [4.78, 5) is 13.7. The third-order valence-electron chi connectivity index (χ3n) is 3.01. The van der Waals surface area contributed by atoms with E-state index in [1.54, 1.807) is 0 Å². The largest absolute Gasteiger partial charge is 0.341 e. The molecule has 1 saturated heterocycles. The fourth-order valence-electron chi connectivity index (χ4n) is 1.97. The first-order valence-electron chi connectivity index (χ1n) is 5.98. The molecule has 0 bridgehead atoms. The SMILES string of the molecule is O=C1CCNCCN1CCc1ccc(Br)cc1. The summed E-state index contributed by atoms with van der Waals surface area (Å²) >= 11 is 3.42. The summed E-state index contributed by atoms with van der Waals surface area (Å²) in [5.74, 6) is 0.270. The molecule has 0 unspecified atom stereocenters. The average Bonchev–Trinajstić information content (AvgIpc) is 2.54. The summed E-state index contributed by atoms with van der Waals surface area (Å²) in [5, 5.41) is 3.24. The Morgan fingerprint density at radius 3 is 2.76 bits per heavy atom. The van der Waals surface area contributed by atoms with Crippen molar-refractivity contribution in [3.63, 3.8) is 0 Å². The summed E-state index contributed by atoms with van der Waals surface area (Å²) in [7, 11) is 0. The highest BCUT2D eigenvalue weighted by molar-refractivity contribution is 9.10. The van der Waals surface area contributed by atoms with Gasteiger partial charge in [0.05, 0.1) is 0 Å². The molecule has 0 radical (unpaired) electrons. The van der Waals surface area contributed by atoms with Gasteiger partial charge in [-0.3, -0.25) is 4.79 Å². The first kappa shape index (κ1) is 12.6. The van der Waals surface area contributed by atoms with Crippen LogP contribution in [0.3, 0.4) is 0 Å². The number of hydrogen-bond acceptors (Lipinski definition) is 2. The molecular formula is C13H17BrN2O. The van der Waals surface area contributed by atoms with Gasteiger partial charge in [0.1, 0.15) is 0 Å². The smallest absolute Gasteiger partial charge is 0.223 e. The van der Waals surface area contributed by atoms with Crippen molar-refractivity contribution in [2.24, 2.45) is 0 Å². The van der Waals surface area contributed by atoms with Crippen molar-refractivity contribution in [3.05, 3.63) is 34.3 Å². The number of hydrogen-bond donors (Lipinski definition) is 1. The number of halogens is 1. The predicted octanol–water partition coefficient (Wildman–Crippen LogP) is 1.81. The molecule has 1 aliphatic rings. The monoisotopic (exact) mass is 296 g/mol. The number of nitrogens with zero attached hydrogens (tertiary/aromatic N) is 1. The molecule has 2 rings (SSSR count). The summed E-state index contributed by atoms with van der Waals surface area (Å²) in [5.41, 5.74) is 1.28. The number of nitrogens with one attached hydrogen (secondary N) is 1. The van der Waals surface area contributed by atoms with Gasteiger partial charge in [0.15, 0.2) is 0 Å². The van der Waals surface area contributed by atoms with Crippen LogP contribution in [0, 0.1) is 0 Å². The third kappa shape index (κ3) is 3.82. The van der Waals surface area contributed by atoms with E-state index in [-0.39, 0.29) is 5.91 Å². The molecule has 1 fully saturated rings. The van der Waals surface area contributed by atoms with E-state index in [9.17, 15) is 4.79 Å². The molecule has 17 heavy (non-hydrogen) atoms. The highest BCUT2D eigenvalue weighted by Gasteiger charge is 2.15. The number of benzene rings is 1. The van der Waals surface area contributed by atoms with Crippen LogP contribution in [-0.2, 0) is 11.2 Å². The van der Waals surface area contributed by atoms with Gasteiger partial charge >= 0.3 is 0 Å². The molecule has 92 valence electrons. The third-order valence-corrected chi connectivity index (χ3v) is 3.54. The molecule has 0 atom stereocenters. The molecule has 1 aromatic rings. The van der Waals surface area contributed by atoms with E-state index in [4.69, 9.17) is 0 Å². The molecule has 0 aliphatic carbocycles. The van der Waals surface area contributed by atoms with Crippen molar-refractivity contribution in [1.82, 2.24) is 10.2 Å². The Kier molecular flexibility index (Phi) is 4.57. The maximum absolute atomic E-state index is 11.8. The highest BCUT2D eigenvalue weighted by atomic mass is 79.9. The Labute approximate surface area is 110 Å². The first-order chi connectivity index (χ1) is 8.25. The van der Waals surface area contributed by atoms with Gasteiger partial charge in [0, 0.05) is 37.1 Å². The molecule has 1 heterocycles. The second kappa shape index (κ2) is 6.17. The molecular weight excluding hydrogens is 280 g/mol. The quantitative estimate of drug-likeness (QED) is 0.923. The molecule has 0 spiro atoms. The molecule has 0 aromatic heterocycles. The van der Waals surface area contributed by atoms with Crippen molar-refractivity contribution in [2.75, 3.05) is 26.2 Å². The lowest BCUT2D eigenvalue weighted by atomic mass is 10.1. The van der Waals surface area contributed by atoms with Gasteiger partial charge in [0.25, 0.3) is 0 Å². The van der Waals surface area contributed by atoms with Gasteiger partial charge in [-0.15, -0.1) is 0 Å². The predicted molar refractivity (Wildman–Crippen MR) is 71.9 cm³/mol. The zero-order chi connectivity index (χ0) is 12.1. The highest BCUT2D eigenvalue weighted by Crippen LogP contribution is 2.11. The van der Waals surface area contributed by atoms with Crippen LogP contribution in [0.4, 0.5) is 0 Å². The molecule has 4 heteroatoms. The van der Waals surface area contributed by atoms with Gasteiger partial charge in [-0.2, -0.15) is 0 Å². The maximum Gasteiger partial charge on any atom is 0.223 e. The summed E-state index contributed by atoms with van der Waals surface area (Å²) in [6, 6.07) is 8.29. The van der Waals surface area contributed by atoms with E-state index in [2.05, 4.69) is 33.4 Å². The lowest BCUT2D eigenvalue weighted by molar-refractivity contribution is -0.130. The van der Waals surface area contributed by atoms with Crippen LogP contribution in [0.2, 0.25) is 0 Å². The number of amides is 1. The van der Waals surface area contributed by atoms with E-state index in [1.807, 2.05) is 17.0 Å². The second-order valence-corrected chi connectivity index (χ2v) is 5.17. The van der Waals surface area contributed by atoms with Gasteiger partial charge in [-0.25, -0.2) is 0 Å². The molecule has 1 N–H and O–H groups in total. The Bertz CT molecular complexity index is 378. The maximum atomic E-state index is 11.8. The minimum absolute atomic E-state index is 0.270. The Balaban J connectivity index is 1.88. The molecule has 0 saturated carbocycles. The number of rotatable bonds is 3. The van der Waals surface area contributed by atoms with Gasteiger partial charge < -0.3 is 10.2 Å². The van der Waals surface area contributed by atoms with E-state index < -0.39 is 0 Å². The van der Waals surface area contributed by atoms with Crippen LogP contribution in [0.15, 0.2) is 28.7 Å². The number of carbonyl (C=O) groups is 1. The van der Waals surface area contributed by atoms with E-state index in [0.29, 0.717) is 6.42 Å². The molecule has 1 aliphatic heterocycles. The van der Waals surface area contributed by atoms with E-state index in [0.717, 1.165) is 37.1 Å². The van der Waals surface area contributed by atoms with Gasteiger partial charge in [-0.1, -0.05) is 28.1 Å². The van der Waals surface area contributed by atoms with E-state index >= 15 is 0 Å². The summed E-state index contributed by atoms with van der Waals surface area (Å²) in [6.07, 6.45) is 1.55. The molecule has 3 nitrogen and oxygen atoms in total. The van der Waals surface area contributed by atoms with Crippen molar-refractivity contribution in [2.45, 2.75) is 12.8 Å². The fourth-order valence-corrected chi connectivity index (χ4v) is 2.23. The summed E-state index contributed by atoms with van der Waals surface area (Å²) in [6.45, 7) is 3.37. The van der Waals surface area contributed by atoms with Crippen LogP contribution in [0.1, 0.15) is 12.0 Å². The first-order valence-corrected chi connectivity index (χ1v) is 6.78. The van der Waals surface area contributed by atoms with Crippen LogP contribution in [0.25, 0.3) is 0 Å². The van der Waals surface area contributed by atoms with Crippen LogP contribution in [0.5, 0.6) is 0 Å². The van der Waals surface area contributed by atoms with Crippen molar-refractivity contribution in [3.8, 4) is 0 Å². The van der Waals surface area contributed by atoms with Crippen LogP contribution >= 0.6 is 15.9 Å². The van der Waals surface area contributed by atoms with Crippen molar-refractivity contribution in [1.29, 1.82) is 0 Å². The normalized spacial score (nSPS) is 17.0. The summed E-state index contributed by atoms with van der Waals surface area (Å²) < 4.78 is 1.09. The molecule has 1 aromatic carbocycles. The lowest BCUT2D eigenvalue weighted by Crippen LogP contribution is -2.34. The minimum Gasteiger partial charge on any atom is -0.341 e. The number of carbonyl (C=O) groups excluding carboxylic acids is 1. The van der Waals surface area contributed by atoms with E-state index in [1.165, 1.54) is 5.56 Å². The van der Waals surface area contributed by atoms with Crippen LogP contribution in [-0.4, -0.2) is 37.0 Å². The van der Waals surface area contributed by atoms with Gasteiger partial charge in [0.2, 0.25) is 5.91 Å². The Morgan fingerprint density at radius 2 is 2.00 bits per heavy atom. The standard InChI is InChI=1S/C13H17BrN2O/c14-12-3-1-11(2-4-12)6-9-16-10-8-15-7-5-13(16)17/h1-4,15H,5-10H2.